The van der Waals surface area contributed by atoms with Crippen molar-refractivity contribution in [2.75, 3.05) is 6.61 Å². The van der Waals surface area contributed by atoms with Gasteiger partial charge in [-0.3, -0.25) is 4.79 Å². The van der Waals surface area contributed by atoms with Crippen molar-refractivity contribution >= 4 is 23.8 Å². The third-order valence-electron chi connectivity index (χ3n) is 1.81. The highest BCUT2D eigenvalue weighted by atomic mass is 32.2. The number of ether oxygens (including phenoxy) is 1. The minimum absolute atomic E-state index is 0.193. The number of hydrogen-bond acceptors (Lipinski definition) is 4. The highest BCUT2D eigenvalue weighted by Crippen LogP contribution is 2.26. The second-order valence-corrected chi connectivity index (χ2v) is 5.18. The zero-order valence-electron chi connectivity index (χ0n) is 9.10. The predicted octanol–water partition coefficient (Wildman–Crippen LogP) is 2.01. The average molecular weight is 229 g/mol. The van der Waals surface area contributed by atoms with Crippen molar-refractivity contribution in [2.45, 2.75) is 31.4 Å². The highest BCUT2D eigenvalue weighted by molar-refractivity contribution is 8.00. The van der Waals surface area contributed by atoms with Crippen LogP contribution in [0.4, 0.5) is 4.79 Å². The Bertz CT molecular complexity index is 288. The summed E-state index contributed by atoms with van der Waals surface area (Å²) < 4.78 is 4.86. The van der Waals surface area contributed by atoms with Crippen molar-refractivity contribution in [3.05, 3.63) is 12.2 Å². The Morgan fingerprint density at radius 1 is 1.67 bits per heavy atom. The molecule has 0 aromatic rings. The lowest BCUT2D eigenvalue weighted by Crippen LogP contribution is -2.36. The maximum atomic E-state index is 11.6. The standard InChI is InChI=1S/C10H15NO3S/c1-4-5-8(12)11-9(15-7(2)3)6-14-10(11)13/h4-5,7,9H,6H2,1-3H3/b5-4+/t9-/m1/s1. The van der Waals surface area contributed by atoms with Crippen LogP contribution in [0.15, 0.2) is 12.2 Å². The highest BCUT2D eigenvalue weighted by Gasteiger charge is 2.37. The Morgan fingerprint density at radius 3 is 2.87 bits per heavy atom. The van der Waals surface area contributed by atoms with E-state index in [-0.39, 0.29) is 17.9 Å². The first kappa shape index (κ1) is 12.1. The van der Waals surface area contributed by atoms with E-state index < -0.39 is 6.09 Å². The van der Waals surface area contributed by atoms with Crippen LogP contribution in [0.5, 0.6) is 0 Å². The van der Waals surface area contributed by atoms with E-state index in [4.69, 9.17) is 4.74 Å². The number of amides is 2. The summed E-state index contributed by atoms with van der Waals surface area (Å²) in [5, 5.41) is 0.159. The minimum Gasteiger partial charge on any atom is -0.446 e. The zero-order valence-corrected chi connectivity index (χ0v) is 9.91. The monoisotopic (exact) mass is 229 g/mol. The molecule has 4 nitrogen and oxygen atoms in total. The Labute approximate surface area is 93.6 Å². The number of rotatable bonds is 3. The fourth-order valence-corrected chi connectivity index (χ4v) is 2.36. The van der Waals surface area contributed by atoms with Gasteiger partial charge in [0.05, 0.1) is 0 Å². The third kappa shape index (κ3) is 2.99. The van der Waals surface area contributed by atoms with E-state index in [1.165, 1.54) is 11.0 Å². The van der Waals surface area contributed by atoms with Gasteiger partial charge < -0.3 is 4.74 Å². The van der Waals surface area contributed by atoms with E-state index >= 15 is 0 Å². The van der Waals surface area contributed by atoms with Crippen LogP contribution in [0.3, 0.4) is 0 Å². The van der Waals surface area contributed by atoms with Crippen molar-refractivity contribution in [1.82, 2.24) is 4.90 Å². The third-order valence-corrected chi connectivity index (χ3v) is 3.02. The molecule has 84 valence electrons. The summed E-state index contributed by atoms with van der Waals surface area (Å²) in [6.45, 7) is 6.06. The summed E-state index contributed by atoms with van der Waals surface area (Å²) in [6.07, 6.45) is 2.45. The van der Waals surface area contributed by atoms with Crippen LogP contribution in [0, 0.1) is 0 Å². The average Bonchev–Trinajstić information content (AvgIpc) is 2.46. The van der Waals surface area contributed by atoms with Gasteiger partial charge in [0, 0.05) is 5.25 Å². The molecule has 0 saturated carbocycles. The lowest BCUT2D eigenvalue weighted by Gasteiger charge is -2.18. The van der Waals surface area contributed by atoms with Crippen LogP contribution < -0.4 is 0 Å². The van der Waals surface area contributed by atoms with E-state index in [1.54, 1.807) is 24.8 Å². The van der Waals surface area contributed by atoms with Crippen molar-refractivity contribution in [1.29, 1.82) is 0 Å². The molecule has 2 amide bonds. The van der Waals surface area contributed by atoms with Crippen molar-refractivity contribution < 1.29 is 14.3 Å². The number of nitrogens with zero attached hydrogens (tertiary/aromatic N) is 1. The van der Waals surface area contributed by atoms with Crippen molar-refractivity contribution in [3.63, 3.8) is 0 Å². The number of thioether (sulfide) groups is 1. The van der Waals surface area contributed by atoms with Crippen LogP contribution in [0.25, 0.3) is 0 Å². The van der Waals surface area contributed by atoms with Crippen molar-refractivity contribution in [3.8, 4) is 0 Å². The van der Waals surface area contributed by atoms with Gasteiger partial charge in [-0.2, -0.15) is 0 Å². The van der Waals surface area contributed by atoms with Gasteiger partial charge in [0.25, 0.3) is 5.91 Å². The molecule has 5 heteroatoms. The smallest absolute Gasteiger partial charge is 0.417 e. The molecule has 1 aliphatic heterocycles. The maximum absolute atomic E-state index is 11.6. The molecule has 0 spiro atoms. The van der Waals surface area contributed by atoms with Crippen LogP contribution in [-0.2, 0) is 9.53 Å². The summed E-state index contributed by atoms with van der Waals surface area (Å²) >= 11 is 1.55. The topological polar surface area (TPSA) is 46.6 Å². The second-order valence-electron chi connectivity index (χ2n) is 3.42. The normalized spacial score (nSPS) is 21.5. The lowest BCUT2D eigenvalue weighted by molar-refractivity contribution is -0.123. The van der Waals surface area contributed by atoms with Crippen LogP contribution in [0.1, 0.15) is 20.8 Å². The molecule has 15 heavy (non-hydrogen) atoms. The molecule has 1 saturated heterocycles. The molecule has 0 aromatic carbocycles. The molecular weight excluding hydrogens is 214 g/mol. The quantitative estimate of drug-likeness (QED) is 0.694. The minimum atomic E-state index is -0.545. The Morgan fingerprint density at radius 2 is 2.33 bits per heavy atom. The summed E-state index contributed by atoms with van der Waals surface area (Å²) in [5.41, 5.74) is 0. The first-order valence-corrected chi connectivity index (χ1v) is 5.78. The number of imide groups is 1. The molecule has 1 aliphatic rings. The molecule has 1 atom stereocenters. The van der Waals surface area contributed by atoms with Gasteiger partial charge in [0.15, 0.2) is 0 Å². The Hall–Kier alpha value is -0.970. The molecule has 0 aliphatic carbocycles. The second kappa shape index (κ2) is 5.21. The molecule has 1 fully saturated rings. The van der Waals surface area contributed by atoms with Crippen LogP contribution in [-0.4, -0.2) is 34.1 Å². The number of carbonyl (C=O) groups is 2. The van der Waals surface area contributed by atoms with Gasteiger partial charge in [-0.1, -0.05) is 19.9 Å². The summed E-state index contributed by atoms with van der Waals surface area (Å²) in [5.74, 6) is -0.307. The van der Waals surface area contributed by atoms with E-state index in [0.29, 0.717) is 5.25 Å². The van der Waals surface area contributed by atoms with Gasteiger partial charge in [-0.05, 0) is 13.0 Å². The molecule has 1 heterocycles. The van der Waals surface area contributed by atoms with Crippen LogP contribution >= 0.6 is 11.8 Å². The number of cyclic esters (lactones) is 1. The SMILES string of the molecule is C/C=C/C(=O)N1C(=O)OC[C@H]1SC(C)C. The Balaban J connectivity index is 2.72. The van der Waals surface area contributed by atoms with Gasteiger partial charge in [-0.25, -0.2) is 9.69 Å². The van der Waals surface area contributed by atoms with Gasteiger partial charge in [-0.15, -0.1) is 11.8 Å². The van der Waals surface area contributed by atoms with Crippen LogP contribution in [0.2, 0.25) is 0 Å². The number of carbonyl (C=O) groups excluding carboxylic acids is 2. The number of allylic oxidation sites excluding steroid dienone is 1. The van der Waals surface area contributed by atoms with E-state index in [9.17, 15) is 9.59 Å². The van der Waals surface area contributed by atoms with Gasteiger partial charge in [0.2, 0.25) is 0 Å². The molecule has 0 unspecified atom stereocenters. The summed E-state index contributed by atoms with van der Waals surface area (Å²) in [6, 6.07) is 0. The fraction of sp³-hybridized carbons (Fsp3) is 0.600. The summed E-state index contributed by atoms with van der Waals surface area (Å²) in [7, 11) is 0. The zero-order chi connectivity index (χ0) is 11.4. The van der Waals surface area contributed by atoms with Gasteiger partial charge >= 0.3 is 6.09 Å². The molecule has 0 N–H and O–H groups in total. The molecule has 1 rings (SSSR count). The largest absolute Gasteiger partial charge is 0.446 e. The first-order chi connectivity index (χ1) is 7.06. The Kier molecular flexibility index (Phi) is 4.20. The predicted molar refractivity (Wildman–Crippen MR) is 59.5 cm³/mol. The van der Waals surface area contributed by atoms with Gasteiger partial charge in [0.1, 0.15) is 12.0 Å². The first-order valence-electron chi connectivity index (χ1n) is 4.84. The fourth-order valence-electron chi connectivity index (χ4n) is 1.27. The molecular formula is C10H15NO3S. The molecule has 0 aromatic heterocycles. The van der Waals surface area contributed by atoms with Crippen molar-refractivity contribution in [2.24, 2.45) is 0 Å². The van der Waals surface area contributed by atoms with E-state index in [0.717, 1.165) is 0 Å². The lowest BCUT2D eigenvalue weighted by atomic mass is 10.4. The van der Waals surface area contributed by atoms with E-state index in [1.807, 2.05) is 13.8 Å². The summed E-state index contributed by atoms with van der Waals surface area (Å²) in [4.78, 5) is 24.1. The maximum Gasteiger partial charge on any atom is 0.417 e. The molecule has 0 bridgehead atoms. The number of hydrogen-bond donors (Lipinski definition) is 0. The van der Waals surface area contributed by atoms with E-state index in [2.05, 4.69) is 0 Å². The molecule has 0 radical (unpaired) electrons.